The van der Waals surface area contributed by atoms with Crippen LogP contribution in [0.1, 0.15) is 5.56 Å². The monoisotopic (exact) mass is 290 g/mol. The van der Waals surface area contributed by atoms with Gasteiger partial charge in [0, 0.05) is 25.9 Å². The van der Waals surface area contributed by atoms with Crippen molar-refractivity contribution in [2.45, 2.75) is 6.54 Å². The number of nitrogens with zero attached hydrogens (tertiary/aromatic N) is 1. The Morgan fingerprint density at radius 3 is 2.62 bits per heavy atom. The minimum atomic E-state index is -0.360. The molecule has 6 heteroatoms. The van der Waals surface area contributed by atoms with Crippen LogP contribution in [-0.4, -0.2) is 17.1 Å². The summed E-state index contributed by atoms with van der Waals surface area (Å²) in [6.45, 7) is 0.150. The summed E-state index contributed by atoms with van der Waals surface area (Å²) in [6.07, 6.45) is 1.66. The Labute approximate surface area is 121 Å². The van der Waals surface area contributed by atoms with Gasteiger partial charge in [-0.05, 0) is 29.8 Å². The average molecular weight is 290 g/mol. The number of rotatable bonds is 5. The second-order valence-corrected chi connectivity index (χ2v) is 4.51. The van der Waals surface area contributed by atoms with Crippen molar-refractivity contribution < 1.29 is 13.9 Å². The van der Waals surface area contributed by atoms with Crippen LogP contribution in [-0.2, 0) is 18.4 Å². The number of aromatic nitrogens is 1. The number of carbonyl (C=O) groups excluding carboxylic acids is 1. The molecular formula is C15H15FN2O3. The maximum absolute atomic E-state index is 12.7. The van der Waals surface area contributed by atoms with Crippen molar-refractivity contribution in [2.24, 2.45) is 7.05 Å². The molecular weight excluding hydrogens is 275 g/mol. The van der Waals surface area contributed by atoms with Crippen molar-refractivity contribution in [1.29, 1.82) is 0 Å². The number of aryl methyl sites for hydroxylation is 1. The number of amides is 1. The first-order valence-corrected chi connectivity index (χ1v) is 6.35. The smallest absolute Gasteiger partial charge is 0.258 e. The van der Waals surface area contributed by atoms with E-state index in [4.69, 9.17) is 4.74 Å². The van der Waals surface area contributed by atoms with E-state index in [1.165, 1.54) is 34.9 Å². The highest BCUT2D eigenvalue weighted by atomic mass is 19.1. The Bertz CT molecular complexity index is 680. The quantitative estimate of drug-likeness (QED) is 0.900. The fraction of sp³-hybridized carbons (Fsp3) is 0.200. The summed E-state index contributed by atoms with van der Waals surface area (Å²) < 4.78 is 19.4. The van der Waals surface area contributed by atoms with Gasteiger partial charge in [-0.1, -0.05) is 6.07 Å². The number of ether oxygens (including phenoxy) is 1. The van der Waals surface area contributed by atoms with Crippen LogP contribution in [0.15, 0.2) is 47.4 Å². The molecule has 2 aromatic rings. The zero-order valence-corrected chi connectivity index (χ0v) is 11.5. The lowest BCUT2D eigenvalue weighted by Gasteiger charge is -2.08. The summed E-state index contributed by atoms with van der Waals surface area (Å²) in [5.74, 6) is -0.233. The summed E-state index contributed by atoms with van der Waals surface area (Å²) in [5.41, 5.74) is 0.706. The molecule has 5 nitrogen and oxygen atoms in total. The molecule has 0 aliphatic heterocycles. The molecule has 0 spiro atoms. The molecule has 0 saturated carbocycles. The van der Waals surface area contributed by atoms with Gasteiger partial charge in [0.05, 0.1) is 0 Å². The van der Waals surface area contributed by atoms with Crippen molar-refractivity contribution in [3.8, 4) is 5.75 Å². The number of carbonyl (C=O) groups is 1. The molecule has 0 saturated heterocycles. The van der Waals surface area contributed by atoms with E-state index < -0.39 is 0 Å². The van der Waals surface area contributed by atoms with Gasteiger partial charge in [-0.25, -0.2) is 4.39 Å². The fourth-order valence-electron chi connectivity index (χ4n) is 1.69. The molecule has 2 rings (SSSR count). The highest BCUT2D eigenvalue weighted by Crippen LogP contribution is 2.10. The number of pyridine rings is 1. The molecule has 0 aliphatic rings. The minimum Gasteiger partial charge on any atom is -0.484 e. The zero-order valence-electron chi connectivity index (χ0n) is 11.5. The van der Waals surface area contributed by atoms with Gasteiger partial charge in [-0.2, -0.15) is 0 Å². The van der Waals surface area contributed by atoms with Gasteiger partial charge in [0.15, 0.2) is 6.61 Å². The third-order valence-electron chi connectivity index (χ3n) is 2.82. The van der Waals surface area contributed by atoms with Crippen LogP contribution in [0, 0.1) is 5.82 Å². The summed E-state index contributed by atoms with van der Waals surface area (Å²) >= 11 is 0. The van der Waals surface area contributed by atoms with Crippen LogP contribution < -0.4 is 15.6 Å². The van der Waals surface area contributed by atoms with E-state index in [9.17, 15) is 14.0 Å². The molecule has 0 unspecified atom stereocenters. The summed E-state index contributed by atoms with van der Waals surface area (Å²) in [6, 6.07) is 8.53. The predicted molar refractivity (Wildman–Crippen MR) is 75.4 cm³/mol. The van der Waals surface area contributed by atoms with Crippen molar-refractivity contribution >= 4 is 5.91 Å². The number of nitrogens with one attached hydrogen (secondary N) is 1. The van der Waals surface area contributed by atoms with Crippen LogP contribution in [0.4, 0.5) is 4.39 Å². The van der Waals surface area contributed by atoms with Gasteiger partial charge in [0.1, 0.15) is 11.6 Å². The van der Waals surface area contributed by atoms with E-state index in [0.29, 0.717) is 12.3 Å². The largest absolute Gasteiger partial charge is 0.484 e. The van der Waals surface area contributed by atoms with Crippen LogP contribution in [0.25, 0.3) is 0 Å². The van der Waals surface area contributed by atoms with Gasteiger partial charge < -0.3 is 14.6 Å². The normalized spacial score (nSPS) is 10.2. The first-order valence-electron chi connectivity index (χ1n) is 6.35. The second kappa shape index (κ2) is 6.69. The molecule has 1 heterocycles. The highest BCUT2D eigenvalue weighted by Gasteiger charge is 2.03. The topological polar surface area (TPSA) is 60.3 Å². The van der Waals surface area contributed by atoms with Crippen LogP contribution in [0.2, 0.25) is 0 Å². The maximum Gasteiger partial charge on any atom is 0.258 e. The summed E-state index contributed by atoms with van der Waals surface area (Å²) in [5, 5.41) is 2.67. The van der Waals surface area contributed by atoms with Gasteiger partial charge >= 0.3 is 0 Å². The molecule has 1 aromatic carbocycles. The van der Waals surface area contributed by atoms with E-state index in [1.54, 1.807) is 19.3 Å². The Kier molecular flexibility index (Phi) is 4.71. The first-order chi connectivity index (χ1) is 10.0. The number of halogens is 1. The summed E-state index contributed by atoms with van der Waals surface area (Å²) in [7, 11) is 1.64. The molecule has 0 atom stereocenters. The second-order valence-electron chi connectivity index (χ2n) is 4.51. The standard InChI is InChI=1S/C15H15FN2O3/c1-18-9-11(2-7-15(18)20)8-17-14(19)10-21-13-5-3-12(16)4-6-13/h2-7,9H,8,10H2,1H3,(H,17,19). The Hall–Kier alpha value is -2.63. The molecule has 1 aromatic heterocycles. The molecule has 110 valence electrons. The van der Waals surface area contributed by atoms with Crippen LogP contribution in [0.3, 0.4) is 0 Å². The number of benzene rings is 1. The zero-order chi connectivity index (χ0) is 15.2. The van der Waals surface area contributed by atoms with E-state index >= 15 is 0 Å². The summed E-state index contributed by atoms with van der Waals surface area (Å²) in [4.78, 5) is 22.9. The highest BCUT2D eigenvalue weighted by molar-refractivity contribution is 5.77. The average Bonchev–Trinajstić information content (AvgIpc) is 2.48. The van der Waals surface area contributed by atoms with Gasteiger partial charge in [0.25, 0.3) is 5.91 Å². The van der Waals surface area contributed by atoms with Crippen molar-refractivity contribution in [1.82, 2.24) is 9.88 Å². The van der Waals surface area contributed by atoms with E-state index in [2.05, 4.69) is 5.32 Å². The Morgan fingerprint density at radius 1 is 1.24 bits per heavy atom. The molecule has 21 heavy (non-hydrogen) atoms. The molecule has 0 radical (unpaired) electrons. The van der Waals surface area contributed by atoms with Gasteiger partial charge in [-0.3, -0.25) is 9.59 Å². The van der Waals surface area contributed by atoms with Gasteiger partial charge in [0.2, 0.25) is 5.56 Å². The fourth-order valence-corrected chi connectivity index (χ4v) is 1.69. The number of hydrogen-bond donors (Lipinski definition) is 1. The van der Waals surface area contributed by atoms with E-state index in [0.717, 1.165) is 5.56 Å². The van der Waals surface area contributed by atoms with Crippen LogP contribution in [0.5, 0.6) is 5.75 Å². The lowest BCUT2D eigenvalue weighted by molar-refractivity contribution is -0.123. The van der Waals surface area contributed by atoms with Crippen molar-refractivity contribution in [3.63, 3.8) is 0 Å². The van der Waals surface area contributed by atoms with E-state index in [-0.39, 0.29) is 23.9 Å². The molecule has 0 aliphatic carbocycles. The van der Waals surface area contributed by atoms with Crippen LogP contribution >= 0.6 is 0 Å². The lowest BCUT2D eigenvalue weighted by Crippen LogP contribution is -2.29. The third kappa shape index (κ3) is 4.45. The van der Waals surface area contributed by atoms with Crippen molar-refractivity contribution in [3.05, 3.63) is 64.3 Å². The minimum absolute atomic E-state index is 0.107. The lowest BCUT2D eigenvalue weighted by atomic mass is 10.3. The third-order valence-corrected chi connectivity index (χ3v) is 2.82. The predicted octanol–water partition coefficient (Wildman–Crippen LogP) is 1.22. The van der Waals surface area contributed by atoms with Crippen molar-refractivity contribution in [2.75, 3.05) is 6.61 Å². The van der Waals surface area contributed by atoms with E-state index in [1.807, 2.05) is 0 Å². The maximum atomic E-state index is 12.7. The Morgan fingerprint density at radius 2 is 1.95 bits per heavy atom. The molecule has 1 amide bonds. The molecule has 0 fully saturated rings. The van der Waals surface area contributed by atoms with Gasteiger partial charge in [-0.15, -0.1) is 0 Å². The number of hydrogen-bond acceptors (Lipinski definition) is 3. The SMILES string of the molecule is Cn1cc(CNC(=O)COc2ccc(F)cc2)ccc1=O. The molecule has 1 N–H and O–H groups in total. The first kappa shape index (κ1) is 14.8. The Balaban J connectivity index is 1.80. The molecule has 0 bridgehead atoms.